The average molecular weight is 140 g/mol. The zero-order chi connectivity index (χ0) is 7.40. The van der Waals surface area contributed by atoms with Crippen molar-refractivity contribution < 1.29 is 9.47 Å². The molecule has 2 atom stereocenters. The molecule has 0 saturated carbocycles. The molecule has 0 spiro atoms. The molecular formula is C8H12O2. The summed E-state index contributed by atoms with van der Waals surface area (Å²) in [6.07, 6.45) is 8.04. The van der Waals surface area contributed by atoms with E-state index in [2.05, 4.69) is 0 Å². The maximum Gasteiger partial charge on any atom is 0.105 e. The van der Waals surface area contributed by atoms with Crippen molar-refractivity contribution in [1.82, 2.24) is 0 Å². The van der Waals surface area contributed by atoms with Crippen LogP contribution in [0.1, 0.15) is 0 Å². The highest BCUT2D eigenvalue weighted by Gasteiger charge is 2.16. The van der Waals surface area contributed by atoms with E-state index < -0.39 is 0 Å². The van der Waals surface area contributed by atoms with Gasteiger partial charge in [-0.2, -0.15) is 0 Å². The van der Waals surface area contributed by atoms with Crippen molar-refractivity contribution in [3.63, 3.8) is 0 Å². The van der Waals surface area contributed by atoms with Crippen molar-refractivity contribution in [2.24, 2.45) is 0 Å². The summed E-state index contributed by atoms with van der Waals surface area (Å²) in [7, 11) is 3.36. The monoisotopic (exact) mass is 140 g/mol. The fourth-order valence-electron chi connectivity index (χ4n) is 0.992. The first-order valence-corrected chi connectivity index (χ1v) is 3.29. The summed E-state index contributed by atoms with van der Waals surface area (Å²) < 4.78 is 10.3. The molecule has 1 aliphatic rings. The zero-order valence-electron chi connectivity index (χ0n) is 6.28. The summed E-state index contributed by atoms with van der Waals surface area (Å²) in [5.41, 5.74) is 0. The Morgan fingerprint density at radius 2 is 1.30 bits per heavy atom. The van der Waals surface area contributed by atoms with Gasteiger partial charge in [0.1, 0.15) is 12.2 Å². The molecule has 2 unspecified atom stereocenters. The largest absolute Gasteiger partial charge is 0.374 e. The first-order chi connectivity index (χ1) is 4.88. The topological polar surface area (TPSA) is 18.5 Å². The van der Waals surface area contributed by atoms with Crippen LogP contribution in [0, 0.1) is 0 Å². The number of allylic oxidation sites excluding steroid dienone is 2. The smallest absolute Gasteiger partial charge is 0.105 e. The lowest BCUT2D eigenvalue weighted by Gasteiger charge is -2.20. The van der Waals surface area contributed by atoms with Gasteiger partial charge in [-0.3, -0.25) is 0 Å². The molecule has 0 amide bonds. The second-order valence-corrected chi connectivity index (χ2v) is 2.17. The number of ether oxygens (including phenoxy) is 2. The Balaban J connectivity index is 2.55. The van der Waals surface area contributed by atoms with Crippen LogP contribution in [0.25, 0.3) is 0 Å². The van der Waals surface area contributed by atoms with Crippen molar-refractivity contribution in [3.8, 4) is 0 Å². The van der Waals surface area contributed by atoms with Gasteiger partial charge in [0.15, 0.2) is 0 Å². The second kappa shape index (κ2) is 3.54. The summed E-state index contributed by atoms with van der Waals surface area (Å²) >= 11 is 0. The molecule has 10 heavy (non-hydrogen) atoms. The van der Waals surface area contributed by atoms with Crippen LogP contribution in [0.4, 0.5) is 0 Å². The van der Waals surface area contributed by atoms with Gasteiger partial charge in [-0.05, 0) is 0 Å². The van der Waals surface area contributed by atoms with Gasteiger partial charge in [-0.15, -0.1) is 0 Å². The maximum absolute atomic E-state index is 5.13. The summed E-state index contributed by atoms with van der Waals surface area (Å²) in [6.45, 7) is 0. The van der Waals surface area contributed by atoms with Crippen LogP contribution in [-0.4, -0.2) is 26.4 Å². The Morgan fingerprint density at radius 1 is 0.900 bits per heavy atom. The van der Waals surface area contributed by atoms with E-state index in [0.29, 0.717) is 0 Å². The third-order valence-corrected chi connectivity index (χ3v) is 1.58. The Labute approximate surface area is 61.1 Å². The highest BCUT2D eigenvalue weighted by atomic mass is 16.5. The highest BCUT2D eigenvalue weighted by molar-refractivity contribution is 5.16. The average Bonchev–Trinajstić information content (AvgIpc) is 2.04. The first kappa shape index (κ1) is 7.51. The van der Waals surface area contributed by atoms with Gasteiger partial charge in [0.25, 0.3) is 0 Å². The van der Waals surface area contributed by atoms with Crippen molar-refractivity contribution in [2.75, 3.05) is 14.2 Å². The standard InChI is InChI=1S/C8H12O2/c1-9-7-5-3-4-6-8(7)10-2/h3-8H,1-2H3. The Hall–Kier alpha value is -0.600. The molecule has 0 fully saturated rings. The molecule has 1 aliphatic carbocycles. The van der Waals surface area contributed by atoms with Crippen LogP contribution in [0.5, 0.6) is 0 Å². The molecule has 2 heteroatoms. The summed E-state index contributed by atoms with van der Waals surface area (Å²) in [5, 5.41) is 0. The number of methoxy groups -OCH3 is 2. The quantitative estimate of drug-likeness (QED) is 0.572. The van der Waals surface area contributed by atoms with Gasteiger partial charge >= 0.3 is 0 Å². The number of hydrogen-bond donors (Lipinski definition) is 0. The van der Waals surface area contributed by atoms with Crippen LogP contribution >= 0.6 is 0 Å². The van der Waals surface area contributed by atoms with Crippen LogP contribution in [0.15, 0.2) is 24.3 Å². The third kappa shape index (κ3) is 1.46. The summed E-state index contributed by atoms with van der Waals surface area (Å²) in [5.74, 6) is 0. The Bertz CT molecular complexity index is 131. The fourth-order valence-corrected chi connectivity index (χ4v) is 0.992. The van der Waals surface area contributed by atoms with E-state index in [1.165, 1.54) is 0 Å². The van der Waals surface area contributed by atoms with E-state index in [9.17, 15) is 0 Å². The SMILES string of the molecule is COC1C=CC=CC1OC. The van der Waals surface area contributed by atoms with E-state index in [4.69, 9.17) is 9.47 Å². The molecule has 0 aromatic carbocycles. The highest BCUT2D eigenvalue weighted by Crippen LogP contribution is 2.10. The second-order valence-electron chi connectivity index (χ2n) is 2.17. The normalized spacial score (nSPS) is 31.0. The zero-order valence-corrected chi connectivity index (χ0v) is 6.28. The maximum atomic E-state index is 5.13. The van der Waals surface area contributed by atoms with Crippen LogP contribution < -0.4 is 0 Å². The van der Waals surface area contributed by atoms with Crippen LogP contribution in [-0.2, 0) is 9.47 Å². The molecule has 0 aromatic heterocycles. The van der Waals surface area contributed by atoms with Crippen molar-refractivity contribution in [3.05, 3.63) is 24.3 Å². The minimum Gasteiger partial charge on any atom is -0.374 e. The molecule has 0 bridgehead atoms. The fraction of sp³-hybridized carbons (Fsp3) is 0.500. The van der Waals surface area contributed by atoms with Crippen molar-refractivity contribution in [2.45, 2.75) is 12.2 Å². The van der Waals surface area contributed by atoms with E-state index in [1.807, 2.05) is 24.3 Å². The lowest BCUT2D eigenvalue weighted by molar-refractivity contribution is 0.0140. The van der Waals surface area contributed by atoms with Crippen LogP contribution in [0.2, 0.25) is 0 Å². The third-order valence-electron chi connectivity index (χ3n) is 1.58. The predicted octanol–water partition coefficient (Wildman–Crippen LogP) is 1.14. The first-order valence-electron chi connectivity index (χ1n) is 3.29. The van der Waals surface area contributed by atoms with Gasteiger partial charge < -0.3 is 9.47 Å². The molecule has 1 rings (SSSR count). The van der Waals surface area contributed by atoms with Gasteiger partial charge in [0.2, 0.25) is 0 Å². The Morgan fingerprint density at radius 3 is 1.60 bits per heavy atom. The molecule has 0 saturated heterocycles. The van der Waals surface area contributed by atoms with Crippen LogP contribution in [0.3, 0.4) is 0 Å². The van der Waals surface area contributed by atoms with Gasteiger partial charge in [0.05, 0.1) is 0 Å². The van der Waals surface area contributed by atoms with Gasteiger partial charge in [0, 0.05) is 14.2 Å². The molecule has 0 heterocycles. The van der Waals surface area contributed by atoms with E-state index in [1.54, 1.807) is 14.2 Å². The molecule has 56 valence electrons. The summed E-state index contributed by atoms with van der Waals surface area (Å²) in [6, 6.07) is 0. The number of rotatable bonds is 2. The lowest BCUT2D eigenvalue weighted by atomic mass is 10.1. The number of hydrogen-bond acceptors (Lipinski definition) is 2. The molecule has 0 radical (unpaired) electrons. The lowest BCUT2D eigenvalue weighted by Crippen LogP contribution is -2.27. The van der Waals surface area contributed by atoms with Crippen molar-refractivity contribution in [1.29, 1.82) is 0 Å². The van der Waals surface area contributed by atoms with E-state index in [0.717, 1.165) is 0 Å². The summed E-state index contributed by atoms with van der Waals surface area (Å²) in [4.78, 5) is 0. The predicted molar refractivity (Wildman–Crippen MR) is 39.9 cm³/mol. The van der Waals surface area contributed by atoms with Gasteiger partial charge in [-0.1, -0.05) is 24.3 Å². The van der Waals surface area contributed by atoms with Gasteiger partial charge in [-0.25, -0.2) is 0 Å². The minimum atomic E-state index is 0.0787. The minimum absolute atomic E-state index is 0.0787. The molecule has 2 nitrogen and oxygen atoms in total. The van der Waals surface area contributed by atoms with E-state index >= 15 is 0 Å². The molecule has 0 aliphatic heterocycles. The molecular weight excluding hydrogens is 128 g/mol. The Kier molecular flexibility index (Phi) is 2.66. The molecule has 0 aromatic rings. The molecule has 0 N–H and O–H groups in total. The van der Waals surface area contributed by atoms with Crippen molar-refractivity contribution >= 4 is 0 Å². The van der Waals surface area contributed by atoms with E-state index in [-0.39, 0.29) is 12.2 Å².